The van der Waals surface area contributed by atoms with Gasteiger partial charge in [-0.05, 0) is 12.1 Å². The van der Waals surface area contributed by atoms with Gasteiger partial charge in [-0.1, -0.05) is 18.2 Å². The minimum Gasteiger partial charge on any atom is -0.313 e. The minimum absolute atomic E-state index is 0.128. The molecule has 0 spiro atoms. The molecule has 2 radical (unpaired) electrons. The van der Waals surface area contributed by atoms with Crippen molar-refractivity contribution in [3.05, 3.63) is 30.3 Å². The van der Waals surface area contributed by atoms with E-state index in [4.69, 9.17) is 0 Å². The molecule has 0 aliphatic heterocycles. The van der Waals surface area contributed by atoms with Crippen LogP contribution in [-0.2, 0) is 4.79 Å². The van der Waals surface area contributed by atoms with Crippen LogP contribution in [0.4, 0.5) is 9.80 Å². The number of carbonyl (C=O) groups is 1. The fourth-order valence-electron chi connectivity index (χ4n) is 1.05. The van der Waals surface area contributed by atoms with Gasteiger partial charge >= 0.3 is 9.85 Å². The van der Waals surface area contributed by atoms with E-state index in [1.165, 1.54) is 11.8 Å². The quantitative estimate of drug-likeness (QED) is 0.530. The van der Waals surface area contributed by atoms with Crippen LogP contribution in [0.15, 0.2) is 30.3 Å². The second-order valence-corrected chi connectivity index (χ2v) is 3.16. The number of nitrogens with zero attached hydrogens (tertiary/aromatic N) is 1. The summed E-state index contributed by atoms with van der Waals surface area (Å²) in [6.45, 7) is 1.44. The molecule has 0 bridgehead atoms. The summed E-state index contributed by atoms with van der Waals surface area (Å²) in [5.41, 5.74) is 0.750. The molecule has 0 atom stereocenters. The summed E-state index contributed by atoms with van der Waals surface area (Å²) in [7, 11) is -0.738. The second-order valence-electron chi connectivity index (χ2n) is 2.57. The predicted molar refractivity (Wildman–Crippen MR) is 51.3 cm³/mol. The van der Waals surface area contributed by atoms with E-state index in [1.54, 1.807) is 12.1 Å². The normalized spacial score (nSPS) is 9.69. The van der Waals surface area contributed by atoms with Gasteiger partial charge in [0.05, 0.1) is 0 Å². The maximum atomic E-state index is 12.1. The van der Waals surface area contributed by atoms with Crippen molar-refractivity contribution in [2.75, 3.05) is 11.1 Å². The van der Waals surface area contributed by atoms with Gasteiger partial charge in [0.2, 0.25) is 5.91 Å². The molecule has 0 aromatic heterocycles. The van der Waals surface area contributed by atoms with Gasteiger partial charge < -0.3 is 9.01 Å². The number of hydrogen-bond donors (Lipinski definition) is 0. The lowest BCUT2D eigenvalue weighted by Gasteiger charge is -2.18. The van der Waals surface area contributed by atoms with E-state index in [0.29, 0.717) is 0 Å². The average Bonchev–Trinajstić information content (AvgIpc) is 2.15. The molecule has 0 heterocycles. The maximum Gasteiger partial charge on any atom is 0.316 e. The van der Waals surface area contributed by atoms with Crippen LogP contribution in [0.3, 0.4) is 0 Å². The van der Waals surface area contributed by atoms with Crippen molar-refractivity contribution in [1.82, 2.24) is 0 Å². The zero-order valence-electron chi connectivity index (χ0n) is 7.33. The van der Waals surface area contributed by atoms with Gasteiger partial charge in [0.1, 0.15) is 0 Å². The van der Waals surface area contributed by atoms with Crippen molar-refractivity contribution in [3.8, 4) is 0 Å². The zero-order valence-corrected chi connectivity index (χ0v) is 8.33. The first kappa shape index (κ1) is 9.92. The molecular weight excluding hydrogens is 185 g/mol. The molecule has 0 aliphatic rings. The van der Waals surface area contributed by atoms with Crippen LogP contribution in [0, 0.1) is 0 Å². The SMILES string of the molecule is CC(=O)N(C[Si]F)c1ccccc1. The Balaban J connectivity index is 2.82. The fraction of sp³-hybridized carbons (Fsp3) is 0.222. The molecule has 0 saturated carbocycles. The summed E-state index contributed by atoms with van der Waals surface area (Å²) in [5, 5.41) is 0. The van der Waals surface area contributed by atoms with E-state index in [2.05, 4.69) is 0 Å². The van der Waals surface area contributed by atoms with Crippen LogP contribution in [0.25, 0.3) is 0 Å². The smallest absolute Gasteiger partial charge is 0.313 e. The zero-order chi connectivity index (χ0) is 9.68. The highest BCUT2D eigenvalue weighted by Gasteiger charge is 2.10. The van der Waals surface area contributed by atoms with Gasteiger partial charge in [-0.2, -0.15) is 0 Å². The maximum absolute atomic E-state index is 12.1. The Morgan fingerprint density at radius 3 is 2.54 bits per heavy atom. The summed E-state index contributed by atoms with van der Waals surface area (Å²) in [5.74, 6) is -0.128. The minimum atomic E-state index is -0.738. The number of hydrogen-bond acceptors (Lipinski definition) is 1. The lowest BCUT2D eigenvalue weighted by atomic mass is 10.3. The fourth-order valence-corrected chi connectivity index (χ4v) is 1.58. The molecule has 0 fully saturated rings. The summed E-state index contributed by atoms with van der Waals surface area (Å²) < 4.78 is 12.1. The van der Waals surface area contributed by atoms with Gasteiger partial charge in [-0.25, -0.2) is 0 Å². The summed E-state index contributed by atoms with van der Waals surface area (Å²) >= 11 is 0. The molecule has 0 N–H and O–H groups in total. The van der Waals surface area contributed by atoms with E-state index < -0.39 is 9.85 Å². The van der Waals surface area contributed by atoms with E-state index >= 15 is 0 Å². The average molecular weight is 195 g/mol. The number of amides is 1. The van der Waals surface area contributed by atoms with Crippen molar-refractivity contribution >= 4 is 21.4 Å². The third-order valence-electron chi connectivity index (χ3n) is 1.67. The first-order valence-corrected chi connectivity index (χ1v) is 5.01. The van der Waals surface area contributed by atoms with Gasteiger partial charge in [0.25, 0.3) is 0 Å². The number of benzene rings is 1. The Bertz CT molecular complexity index is 278. The second kappa shape index (κ2) is 4.76. The molecule has 68 valence electrons. The summed E-state index contributed by atoms with van der Waals surface area (Å²) in [6.07, 6.45) is 0.152. The lowest BCUT2D eigenvalue weighted by molar-refractivity contribution is -0.116. The van der Waals surface area contributed by atoms with E-state index in [-0.39, 0.29) is 12.1 Å². The summed E-state index contributed by atoms with van der Waals surface area (Å²) in [4.78, 5) is 12.5. The third kappa shape index (κ3) is 2.66. The van der Waals surface area contributed by atoms with Crippen LogP contribution < -0.4 is 4.90 Å². The molecule has 1 aromatic carbocycles. The Hall–Kier alpha value is -1.16. The largest absolute Gasteiger partial charge is 0.316 e. The van der Waals surface area contributed by atoms with Crippen LogP contribution >= 0.6 is 0 Å². The molecule has 1 amide bonds. The topological polar surface area (TPSA) is 20.3 Å². The van der Waals surface area contributed by atoms with E-state index in [1.807, 2.05) is 18.2 Å². The molecule has 0 saturated heterocycles. The van der Waals surface area contributed by atoms with Crippen LogP contribution in [0.2, 0.25) is 0 Å². The summed E-state index contributed by atoms with van der Waals surface area (Å²) in [6, 6.07) is 9.10. The van der Waals surface area contributed by atoms with Crippen LogP contribution in [0.1, 0.15) is 6.92 Å². The Kier molecular flexibility index (Phi) is 3.64. The van der Waals surface area contributed by atoms with Gasteiger partial charge in [0.15, 0.2) is 0 Å². The number of anilines is 1. The standard InChI is InChI=1S/C9H10FNOSi/c1-8(12)11(7-13-10)9-5-3-2-4-6-9/h2-6H,7H2,1H3. The highest BCUT2D eigenvalue weighted by atomic mass is 28.3. The molecular formula is C9H10FNOSi. The van der Waals surface area contributed by atoms with Crippen molar-refractivity contribution in [2.45, 2.75) is 6.92 Å². The molecule has 1 aromatic rings. The van der Waals surface area contributed by atoms with Crippen molar-refractivity contribution in [2.24, 2.45) is 0 Å². The van der Waals surface area contributed by atoms with E-state index in [0.717, 1.165) is 5.69 Å². The molecule has 1 rings (SSSR count). The van der Waals surface area contributed by atoms with Crippen LogP contribution in [0.5, 0.6) is 0 Å². The van der Waals surface area contributed by atoms with E-state index in [9.17, 15) is 8.90 Å². The predicted octanol–water partition coefficient (Wildman–Crippen LogP) is 1.59. The monoisotopic (exact) mass is 195 g/mol. The molecule has 4 heteroatoms. The number of halogens is 1. The first-order valence-electron chi connectivity index (χ1n) is 3.92. The first-order chi connectivity index (χ1) is 6.25. The Morgan fingerprint density at radius 1 is 1.46 bits per heavy atom. The number of carbonyl (C=O) groups excluding carboxylic acids is 1. The number of rotatable bonds is 3. The Morgan fingerprint density at radius 2 is 2.08 bits per heavy atom. The molecule has 0 aliphatic carbocycles. The van der Waals surface area contributed by atoms with Crippen molar-refractivity contribution in [3.63, 3.8) is 0 Å². The highest BCUT2D eigenvalue weighted by Crippen LogP contribution is 2.12. The lowest BCUT2D eigenvalue weighted by Crippen LogP contribution is -2.31. The van der Waals surface area contributed by atoms with Gasteiger partial charge in [-0.3, -0.25) is 4.79 Å². The molecule has 2 nitrogen and oxygen atoms in total. The third-order valence-corrected chi connectivity index (χ3v) is 2.10. The van der Waals surface area contributed by atoms with Crippen molar-refractivity contribution < 1.29 is 8.90 Å². The molecule has 0 unspecified atom stereocenters. The molecule has 13 heavy (non-hydrogen) atoms. The Labute approximate surface area is 79.4 Å². The highest BCUT2D eigenvalue weighted by molar-refractivity contribution is 6.28. The van der Waals surface area contributed by atoms with Gasteiger partial charge in [0, 0.05) is 18.8 Å². The van der Waals surface area contributed by atoms with Crippen LogP contribution in [-0.4, -0.2) is 21.9 Å². The van der Waals surface area contributed by atoms with Gasteiger partial charge in [-0.15, -0.1) is 0 Å². The number of para-hydroxylation sites is 1. The van der Waals surface area contributed by atoms with Crippen molar-refractivity contribution in [1.29, 1.82) is 0 Å².